The molecule has 0 aromatic heterocycles. The van der Waals surface area contributed by atoms with E-state index in [0.29, 0.717) is 26.0 Å². The number of hydrogen-bond donors (Lipinski definition) is 2. The van der Waals surface area contributed by atoms with Crippen LogP contribution in [0.5, 0.6) is 0 Å². The molecule has 0 aliphatic rings. The number of ether oxygens (including phenoxy) is 2. The number of nitrogens with one attached hydrogen (secondary N) is 1. The fourth-order valence-corrected chi connectivity index (χ4v) is 0.888. The van der Waals surface area contributed by atoms with Crippen LogP contribution in [0.15, 0.2) is 0 Å². The standard InChI is InChI=1S/C9H17NO5/c1-14-5-2-3-8(11)10-4-6-15-7-9(12)13/h2-7H2,1H3,(H,10,11)(H,12,13). The average molecular weight is 219 g/mol. The minimum atomic E-state index is -1.01. The van der Waals surface area contributed by atoms with Gasteiger partial charge in [-0.1, -0.05) is 0 Å². The van der Waals surface area contributed by atoms with Crippen LogP contribution in [0.4, 0.5) is 0 Å². The maximum absolute atomic E-state index is 11.1. The Bertz CT molecular complexity index is 195. The van der Waals surface area contributed by atoms with Gasteiger partial charge in [-0.15, -0.1) is 0 Å². The SMILES string of the molecule is COCCCC(=O)NCCOCC(=O)O. The summed E-state index contributed by atoms with van der Waals surface area (Å²) in [6, 6.07) is 0. The van der Waals surface area contributed by atoms with Crippen molar-refractivity contribution in [2.24, 2.45) is 0 Å². The Balaban J connectivity index is 3.20. The summed E-state index contributed by atoms with van der Waals surface area (Å²) in [6.07, 6.45) is 1.09. The van der Waals surface area contributed by atoms with E-state index in [1.807, 2.05) is 0 Å². The van der Waals surface area contributed by atoms with Crippen molar-refractivity contribution in [3.05, 3.63) is 0 Å². The van der Waals surface area contributed by atoms with Gasteiger partial charge in [-0.2, -0.15) is 0 Å². The van der Waals surface area contributed by atoms with Crippen molar-refractivity contribution < 1.29 is 24.2 Å². The first-order chi connectivity index (χ1) is 7.16. The second-order valence-electron chi connectivity index (χ2n) is 2.89. The van der Waals surface area contributed by atoms with E-state index in [-0.39, 0.29) is 19.1 Å². The lowest BCUT2D eigenvalue weighted by molar-refractivity contribution is -0.142. The lowest BCUT2D eigenvalue weighted by atomic mass is 10.3. The number of carboxylic acids is 1. The molecule has 6 heteroatoms. The number of hydrogen-bond acceptors (Lipinski definition) is 4. The number of rotatable bonds is 9. The van der Waals surface area contributed by atoms with Crippen LogP contribution in [0.2, 0.25) is 0 Å². The third-order valence-electron chi connectivity index (χ3n) is 1.55. The second kappa shape index (κ2) is 9.42. The molecule has 0 rings (SSSR count). The molecule has 0 heterocycles. The second-order valence-corrected chi connectivity index (χ2v) is 2.89. The molecule has 0 saturated carbocycles. The topological polar surface area (TPSA) is 84.9 Å². The number of aliphatic carboxylic acids is 1. The molecule has 0 fully saturated rings. The summed E-state index contributed by atoms with van der Waals surface area (Å²) in [5.74, 6) is -1.09. The van der Waals surface area contributed by atoms with Crippen LogP contribution in [0.1, 0.15) is 12.8 Å². The molecule has 0 aliphatic carbocycles. The van der Waals surface area contributed by atoms with E-state index < -0.39 is 5.97 Å². The monoisotopic (exact) mass is 219 g/mol. The molecule has 88 valence electrons. The highest BCUT2D eigenvalue weighted by Crippen LogP contribution is 1.88. The van der Waals surface area contributed by atoms with E-state index in [4.69, 9.17) is 14.6 Å². The molecule has 0 aromatic carbocycles. The lowest BCUT2D eigenvalue weighted by Crippen LogP contribution is -2.27. The van der Waals surface area contributed by atoms with Gasteiger partial charge < -0.3 is 19.9 Å². The van der Waals surface area contributed by atoms with Gasteiger partial charge in [0.2, 0.25) is 5.91 Å². The molecular formula is C9H17NO5. The highest BCUT2D eigenvalue weighted by Gasteiger charge is 2.00. The molecule has 0 atom stereocenters. The smallest absolute Gasteiger partial charge is 0.329 e. The van der Waals surface area contributed by atoms with Gasteiger partial charge in [0.05, 0.1) is 6.61 Å². The minimum absolute atomic E-state index is 0.0778. The fraction of sp³-hybridized carbons (Fsp3) is 0.778. The summed E-state index contributed by atoms with van der Waals surface area (Å²) in [5, 5.41) is 10.8. The molecule has 0 unspecified atom stereocenters. The normalized spacial score (nSPS) is 9.93. The Labute approximate surface area is 88.6 Å². The number of carbonyl (C=O) groups excluding carboxylic acids is 1. The fourth-order valence-electron chi connectivity index (χ4n) is 0.888. The van der Waals surface area contributed by atoms with E-state index in [9.17, 15) is 9.59 Å². The maximum atomic E-state index is 11.1. The largest absolute Gasteiger partial charge is 0.480 e. The van der Waals surface area contributed by atoms with Crippen LogP contribution < -0.4 is 5.32 Å². The van der Waals surface area contributed by atoms with E-state index in [1.165, 1.54) is 0 Å². The Morgan fingerprint density at radius 1 is 1.33 bits per heavy atom. The Kier molecular flexibility index (Phi) is 8.70. The average Bonchev–Trinajstić information content (AvgIpc) is 2.17. The molecule has 0 bridgehead atoms. The molecule has 1 amide bonds. The molecule has 0 radical (unpaired) electrons. The molecule has 15 heavy (non-hydrogen) atoms. The van der Waals surface area contributed by atoms with Crippen molar-refractivity contribution in [3.63, 3.8) is 0 Å². The van der Waals surface area contributed by atoms with Crippen LogP contribution in [0, 0.1) is 0 Å². The van der Waals surface area contributed by atoms with Crippen LogP contribution in [-0.4, -0.2) is 50.5 Å². The predicted molar refractivity (Wildman–Crippen MR) is 52.6 cm³/mol. The van der Waals surface area contributed by atoms with Gasteiger partial charge in [0.15, 0.2) is 0 Å². The van der Waals surface area contributed by atoms with Gasteiger partial charge in [-0.05, 0) is 6.42 Å². The summed E-state index contributed by atoms with van der Waals surface area (Å²) in [4.78, 5) is 21.1. The van der Waals surface area contributed by atoms with Crippen molar-refractivity contribution >= 4 is 11.9 Å². The summed E-state index contributed by atoms with van der Waals surface area (Å²) in [6.45, 7) is 0.768. The first-order valence-corrected chi connectivity index (χ1v) is 4.72. The van der Waals surface area contributed by atoms with Crippen LogP contribution in [0.3, 0.4) is 0 Å². The van der Waals surface area contributed by atoms with Crippen LogP contribution in [0.25, 0.3) is 0 Å². The molecule has 0 saturated heterocycles. The summed E-state index contributed by atoms with van der Waals surface area (Å²) in [5.41, 5.74) is 0. The number of carboxylic acid groups (broad SMARTS) is 1. The number of methoxy groups -OCH3 is 1. The van der Waals surface area contributed by atoms with E-state index in [2.05, 4.69) is 5.32 Å². The zero-order valence-corrected chi connectivity index (χ0v) is 8.82. The summed E-state index contributed by atoms with van der Waals surface area (Å²) in [7, 11) is 1.58. The zero-order valence-electron chi connectivity index (χ0n) is 8.82. The molecule has 2 N–H and O–H groups in total. The van der Waals surface area contributed by atoms with Crippen molar-refractivity contribution in [1.82, 2.24) is 5.32 Å². The van der Waals surface area contributed by atoms with Gasteiger partial charge in [-0.25, -0.2) is 4.79 Å². The van der Waals surface area contributed by atoms with Gasteiger partial charge >= 0.3 is 5.97 Å². The Morgan fingerprint density at radius 3 is 2.67 bits per heavy atom. The van der Waals surface area contributed by atoms with Gasteiger partial charge in [-0.3, -0.25) is 4.79 Å². The van der Waals surface area contributed by atoms with E-state index in [0.717, 1.165) is 0 Å². The third kappa shape index (κ3) is 10.8. The number of amides is 1. The summed E-state index contributed by atoms with van der Waals surface area (Å²) >= 11 is 0. The lowest BCUT2D eigenvalue weighted by Gasteiger charge is -2.04. The predicted octanol–water partition coefficient (Wildman–Crippen LogP) is -0.370. The highest BCUT2D eigenvalue weighted by molar-refractivity contribution is 5.75. The van der Waals surface area contributed by atoms with E-state index in [1.54, 1.807) is 7.11 Å². The zero-order chi connectivity index (χ0) is 11.5. The van der Waals surface area contributed by atoms with Crippen LogP contribution in [-0.2, 0) is 19.1 Å². The van der Waals surface area contributed by atoms with E-state index >= 15 is 0 Å². The van der Waals surface area contributed by atoms with Crippen molar-refractivity contribution in [2.45, 2.75) is 12.8 Å². The number of carbonyl (C=O) groups is 2. The van der Waals surface area contributed by atoms with Crippen LogP contribution >= 0.6 is 0 Å². The van der Waals surface area contributed by atoms with Gasteiger partial charge in [0.1, 0.15) is 6.61 Å². The van der Waals surface area contributed by atoms with Crippen molar-refractivity contribution in [2.75, 3.05) is 33.5 Å². The quantitative estimate of drug-likeness (QED) is 0.517. The molecule has 0 aromatic rings. The van der Waals surface area contributed by atoms with Gasteiger partial charge in [0.25, 0.3) is 0 Å². The summed E-state index contributed by atoms with van der Waals surface area (Å²) < 4.78 is 9.52. The van der Waals surface area contributed by atoms with Gasteiger partial charge in [0, 0.05) is 26.7 Å². The maximum Gasteiger partial charge on any atom is 0.329 e. The first kappa shape index (κ1) is 13.9. The minimum Gasteiger partial charge on any atom is -0.480 e. The van der Waals surface area contributed by atoms with Crippen molar-refractivity contribution in [3.8, 4) is 0 Å². The van der Waals surface area contributed by atoms with Crippen molar-refractivity contribution in [1.29, 1.82) is 0 Å². The molecule has 0 aliphatic heterocycles. The Hall–Kier alpha value is -1.14. The first-order valence-electron chi connectivity index (χ1n) is 4.72. The Morgan fingerprint density at radius 2 is 2.07 bits per heavy atom. The third-order valence-corrected chi connectivity index (χ3v) is 1.55. The molecule has 0 spiro atoms. The molecular weight excluding hydrogens is 202 g/mol. The molecule has 6 nitrogen and oxygen atoms in total. The highest BCUT2D eigenvalue weighted by atomic mass is 16.5.